The number of hydrogen-bond donors (Lipinski definition) is 0. The van der Waals surface area contributed by atoms with Gasteiger partial charge in [-0.15, -0.1) is 0 Å². The molecular weight excluding hydrogens is 414 g/mol. The monoisotopic (exact) mass is 451 g/mol. The maximum absolute atomic E-state index is 5.46. The molecule has 3 nitrogen and oxygen atoms in total. The molecule has 3 heterocycles. The van der Waals surface area contributed by atoms with Crippen LogP contribution in [0.15, 0.2) is 24.3 Å². The van der Waals surface area contributed by atoms with Gasteiger partial charge in [-0.2, -0.15) is 0 Å². The number of nitrogens with zero attached hydrogens (tertiary/aromatic N) is 3. The van der Waals surface area contributed by atoms with Gasteiger partial charge < -0.3 is 4.57 Å². The lowest BCUT2D eigenvalue weighted by Crippen LogP contribution is -2.44. The van der Waals surface area contributed by atoms with E-state index in [0.29, 0.717) is 11.8 Å². The van der Waals surface area contributed by atoms with Gasteiger partial charge in [-0.25, -0.2) is 9.97 Å². The molecule has 0 aromatic carbocycles. The fourth-order valence-corrected chi connectivity index (χ4v) is 11.1. The zero-order valence-electron chi connectivity index (χ0n) is 20.5. The van der Waals surface area contributed by atoms with Crippen LogP contribution in [0.2, 0.25) is 0 Å². The van der Waals surface area contributed by atoms with Gasteiger partial charge in [-0.05, 0) is 136 Å². The van der Waals surface area contributed by atoms with Crippen molar-refractivity contribution in [2.45, 2.75) is 76.0 Å². The molecule has 11 rings (SSSR count). The Morgan fingerprint density at radius 1 is 0.529 bits per heavy atom. The van der Waals surface area contributed by atoms with Crippen LogP contribution in [0.25, 0.3) is 22.1 Å². The lowest BCUT2D eigenvalue weighted by atomic mass is 9.51. The topological polar surface area (TPSA) is 30.7 Å². The number of hydrogen-bond acceptors (Lipinski definition) is 2. The van der Waals surface area contributed by atoms with Crippen molar-refractivity contribution in [1.29, 1.82) is 0 Å². The zero-order valence-corrected chi connectivity index (χ0v) is 20.5. The molecule has 8 fully saturated rings. The first kappa shape index (κ1) is 19.3. The molecule has 0 N–H and O–H groups in total. The number of fused-ring (bicyclic) bond motifs is 3. The first-order chi connectivity index (χ1) is 16.7. The van der Waals surface area contributed by atoms with Gasteiger partial charge in [0.1, 0.15) is 11.0 Å². The quantitative estimate of drug-likeness (QED) is 0.412. The van der Waals surface area contributed by atoms with Crippen molar-refractivity contribution in [2.75, 3.05) is 0 Å². The van der Waals surface area contributed by atoms with E-state index >= 15 is 0 Å². The van der Waals surface area contributed by atoms with Crippen LogP contribution in [-0.2, 0) is 7.05 Å². The predicted molar refractivity (Wildman–Crippen MR) is 136 cm³/mol. The minimum atomic E-state index is 0.695. The second-order valence-electron chi connectivity index (χ2n) is 13.7. The minimum absolute atomic E-state index is 0.695. The van der Waals surface area contributed by atoms with Gasteiger partial charge >= 0.3 is 0 Å². The largest absolute Gasteiger partial charge is 0.341 e. The van der Waals surface area contributed by atoms with Crippen LogP contribution >= 0.6 is 0 Å². The fourth-order valence-electron chi connectivity index (χ4n) is 11.1. The van der Waals surface area contributed by atoms with Crippen LogP contribution in [0.1, 0.15) is 87.4 Å². The molecule has 3 aromatic rings. The zero-order chi connectivity index (χ0) is 22.1. The summed E-state index contributed by atoms with van der Waals surface area (Å²) in [6, 6.07) is 9.50. The summed E-state index contributed by atoms with van der Waals surface area (Å²) < 4.78 is 2.34. The first-order valence-corrected chi connectivity index (χ1v) is 14.4. The van der Waals surface area contributed by atoms with Gasteiger partial charge in [0.25, 0.3) is 0 Å². The van der Waals surface area contributed by atoms with Crippen molar-refractivity contribution in [3.8, 4) is 0 Å². The van der Waals surface area contributed by atoms with Crippen molar-refractivity contribution in [3.63, 3.8) is 0 Å². The van der Waals surface area contributed by atoms with E-state index in [1.807, 2.05) is 0 Å². The molecule has 0 aliphatic heterocycles. The smallest absolute Gasteiger partial charge is 0.115 e. The number of aryl methyl sites for hydroxylation is 1. The highest BCUT2D eigenvalue weighted by atomic mass is 15.0. The summed E-state index contributed by atoms with van der Waals surface area (Å²) in [4.78, 5) is 10.9. The molecule has 8 aliphatic carbocycles. The maximum Gasteiger partial charge on any atom is 0.115 e. The number of pyridine rings is 2. The predicted octanol–water partition coefficient (Wildman–Crippen LogP) is 7.20. The molecule has 3 aromatic heterocycles. The third-order valence-corrected chi connectivity index (χ3v) is 11.9. The minimum Gasteiger partial charge on any atom is -0.341 e. The van der Waals surface area contributed by atoms with Gasteiger partial charge in [0.2, 0.25) is 0 Å². The van der Waals surface area contributed by atoms with Crippen molar-refractivity contribution >= 4 is 22.1 Å². The second kappa shape index (κ2) is 6.65. The summed E-state index contributed by atoms with van der Waals surface area (Å²) in [6.45, 7) is 0. The average Bonchev–Trinajstić information content (AvgIpc) is 3.09. The van der Waals surface area contributed by atoms with Gasteiger partial charge in [0.05, 0.1) is 11.0 Å². The number of aromatic nitrogens is 3. The lowest BCUT2D eigenvalue weighted by Gasteiger charge is -2.54. The highest BCUT2D eigenvalue weighted by Crippen LogP contribution is 2.61. The molecule has 8 bridgehead atoms. The lowest BCUT2D eigenvalue weighted by molar-refractivity contribution is -0.00417. The summed E-state index contributed by atoms with van der Waals surface area (Å²) in [6.07, 6.45) is 14.7. The van der Waals surface area contributed by atoms with Crippen molar-refractivity contribution in [1.82, 2.24) is 14.5 Å². The molecule has 8 aliphatic rings. The van der Waals surface area contributed by atoms with E-state index in [9.17, 15) is 0 Å². The highest BCUT2D eigenvalue weighted by molar-refractivity contribution is 6.03. The third-order valence-electron chi connectivity index (χ3n) is 11.9. The molecule has 176 valence electrons. The van der Waals surface area contributed by atoms with Crippen LogP contribution in [0, 0.1) is 47.3 Å². The van der Waals surface area contributed by atoms with Crippen LogP contribution in [0.5, 0.6) is 0 Å². The van der Waals surface area contributed by atoms with E-state index in [-0.39, 0.29) is 0 Å². The maximum atomic E-state index is 5.46. The van der Waals surface area contributed by atoms with Crippen molar-refractivity contribution in [3.05, 3.63) is 35.7 Å². The Hall–Kier alpha value is -1.90. The van der Waals surface area contributed by atoms with E-state index in [2.05, 4.69) is 35.9 Å². The van der Waals surface area contributed by atoms with Crippen LogP contribution in [0.3, 0.4) is 0 Å². The highest BCUT2D eigenvalue weighted by Gasteiger charge is 2.50. The van der Waals surface area contributed by atoms with E-state index in [0.717, 1.165) is 47.3 Å². The summed E-state index contributed by atoms with van der Waals surface area (Å²) in [5, 5.41) is 0. The Morgan fingerprint density at radius 3 is 1.24 bits per heavy atom. The third kappa shape index (κ3) is 2.54. The van der Waals surface area contributed by atoms with Gasteiger partial charge in [-0.1, -0.05) is 0 Å². The second-order valence-corrected chi connectivity index (χ2v) is 13.7. The van der Waals surface area contributed by atoms with E-state index in [1.165, 1.54) is 97.7 Å². The van der Waals surface area contributed by atoms with Crippen molar-refractivity contribution < 1.29 is 0 Å². The molecule has 0 spiro atoms. The SMILES string of the molecule is Cn1c2ccc(C3C4CC5CC(C4)CC3C5)nc2c2nc(C3C4CC5CC(C4)CC3C5)ccc21. The normalized spacial score (nSPS) is 44.0. The molecule has 0 amide bonds. The van der Waals surface area contributed by atoms with E-state index in [4.69, 9.17) is 9.97 Å². The Balaban J connectivity index is 1.15. The van der Waals surface area contributed by atoms with Crippen molar-refractivity contribution in [2.24, 2.45) is 54.4 Å². The average molecular weight is 452 g/mol. The van der Waals surface area contributed by atoms with E-state index in [1.54, 1.807) is 0 Å². The standard InChI is InChI=1S/C31H37N3/c1-34-26-4-2-24(28-20-8-16-6-17(10-20)11-21(28)9-16)32-30(26)31-27(34)5-3-25(33-31)29-22-12-18-7-19(14-22)15-23(29)13-18/h2-5,16-23,28-29H,6-15H2,1H3. The molecule has 3 heteroatoms. The molecular formula is C31H37N3. The Morgan fingerprint density at radius 2 is 0.882 bits per heavy atom. The Kier molecular flexibility index (Phi) is 3.78. The first-order valence-electron chi connectivity index (χ1n) is 14.4. The Bertz CT molecular complexity index is 1160. The number of rotatable bonds is 2. The van der Waals surface area contributed by atoms with Gasteiger partial charge in [0.15, 0.2) is 0 Å². The molecule has 0 saturated heterocycles. The van der Waals surface area contributed by atoms with Crippen LogP contribution in [0.4, 0.5) is 0 Å². The molecule has 0 atom stereocenters. The summed E-state index contributed by atoms with van der Waals surface area (Å²) >= 11 is 0. The van der Waals surface area contributed by atoms with Gasteiger partial charge in [-0.3, -0.25) is 0 Å². The Labute approximate surface area is 202 Å². The molecule has 0 radical (unpaired) electrons. The van der Waals surface area contributed by atoms with Gasteiger partial charge in [0, 0.05) is 30.3 Å². The summed E-state index contributed by atoms with van der Waals surface area (Å²) in [7, 11) is 2.21. The van der Waals surface area contributed by atoms with Crippen LogP contribution < -0.4 is 0 Å². The van der Waals surface area contributed by atoms with Crippen LogP contribution in [-0.4, -0.2) is 14.5 Å². The van der Waals surface area contributed by atoms with E-state index < -0.39 is 0 Å². The molecule has 8 saturated carbocycles. The molecule has 34 heavy (non-hydrogen) atoms. The fraction of sp³-hybridized carbons (Fsp3) is 0.677. The summed E-state index contributed by atoms with van der Waals surface area (Å²) in [5.74, 6) is 8.99. The molecule has 0 unspecified atom stereocenters. The summed E-state index contributed by atoms with van der Waals surface area (Å²) in [5.41, 5.74) is 7.64.